The van der Waals surface area contributed by atoms with Gasteiger partial charge in [0.1, 0.15) is 48.2 Å². The van der Waals surface area contributed by atoms with Crippen molar-refractivity contribution < 1.29 is 51.5 Å². The lowest BCUT2D eigenvalue weighted by atomic mass is 9.96. The van der Waals surface area contributed by atoms with Crippen LogP contribution in [0.1, 0.15) is 69.4 Å². The highest BCUT2D eigenvalue weighted by Gasteiger charge is 2.66. The van der Waals surface area contributed by atoms with Crippen LogP contribution in [0.15, 0.2) is 150 Å². The Morgan fingerprint density at radius 3 is 1.49 bits per heavy atom. The van der Waals surface area contributed by atoms with Gasteiger partial charge in [-0.25, -0.2) is 4.79 Å². The smallest absolute Gasteiger partial charge is 0.349 e. The Labute approximate surface area is 413 Å². The molecule has 0 amide bonds. The Hall–Kier alpha value is -4.22. The fourth-order valence-corrected chi connectivity index (χ4v) is 15.7. The number of ether oxygens (including phenoxy) is 8. The van der Waals surface area contributed by atoms with Crippen LogP contribution in [0.25, 0.3) is 0 Å². The summed E-state index contributed by atoms with van der Waals surface area (Å²) < 4.78 is 69.4. The molecule has 0 unspecified atom stereocenters. The van der Waals surface area contributed by atoms with E-state index in [0.29, 0.717) is 0 Å². The Bertz CT molecular complexity index is 2330. The van der Waals surface area contributed by atoms with E-state index in [1.54, 1.807) is 0 Å². The number of hydrogen-bond acceptors (Lipinski definition) is 12. The van der Waals surface area contributed by atoms with Crippen molar-refractivity contribution in [2.45, 2.75) is 150 Å². The Balaban J connectivity index is 1.22. The van der Waals surface area contributed by atoms with Crippen LogP contribution in [-0.2, 0) is 78.0 Å². The molecule has 0 bridgehead atoms. The molecule has 3 saturated heterocycles. The average molecular weight is 977 g/mol. The van der Waals surface area contributed by atoms with E-state index in [-0.39, 0.29) is 43.1 Å². The van der Waals surface area contributed by atoms with E-state index in [1.165, 1.54) is 18.9 Å². The molecule has 0 aliphatic carbocycles. The van der Waals surface area contributed by atoms with Gasteiger partial charge in [-0.15, -0.1) is 0 Å². The summed E-state index contributed by atoms with van der Waals surface area (Å²) in [4.78, 5) is 15.2. The molecule has 368 valence electrons. The van der Waals surface area contributed by atoms with Gasteiger partial charge in [0, 0.05) is 15.0 Å². The summed E-state index contributed by atoms with van der Waals surface area (Å²) in [5, 5.41) is -0.654. The average Bonchev–Trinajstić information content (AvgIpc) is 3.35. The number of rotatable bonds is 17. The molecule has 0 spiro atoms. The number of fused-ring (bicyclic) bond motifs is 1. The molecule has 11 nitrogen and oxygen atoms in total. The van der Waals surface area contributed by atoms with Crippen molar-refractivity contribution in [2.75, 3.05) is 13.7 Å². The zero-order valence-corrected chi connectivity index (χ0v) is 42.9. The van der Waals surface area contributed by atoms with Crippen molar-refractivity contribution >= 4 is 26.3 Å². The molecule has 3 heterocycles. The molecule has 5 aromatic rings. The molecule has 0 aromatic heterocycles. The van der Waals surface area contributed by atoms with Gasteiger partial charge in [-0.3, -0.25) is 0 Å². The van der Waals surface area contributed by atoms with Crippen molar-refractivity contribution in [3.05, 3.63) is 173 Å². The topological polar surface area (TPSA) is 109 Å². The van der Waals surface area contributed by atoms with Crippen LogP contribution in [0, 0.1) is 6.92 Å². The first-order chi connectivity index (χ1) is 33.2. The lowest BCUT2D eigenvalue weighted by Gasteiger charge is -2.58. The highest BCUT2D eigenvalue weighted by atomic mass is 32.2. The van der Waals surface area contributed by atoms with Gasteiger partial charge in [-0.1, -0.05) is 192 Å². The van der Waals surface area contributed by atoms with Gasteiger partial charge < -0.3 is 46.7 Å². The van der Waals surface area contributed by atoms with Crippen molar-refractivity contribution in [2.24, 2.45) is 0 Å². The summed E-state index contributed by atoms with van der Waals surface area (Å²) in [5.41, 5.74) is 4.20. The maximum Gasteiger partial charge on any atom is 0.349 e. The second-order valence-corrected chi connectivity index (χ2v) is 26.0. The predicted molar refractivity (Wildman–Crippen MR) is 267 cm³/mol. The van der Waals surface area contributed by atoms with Gasteiger partial charge in [-0.05, 0) is 41.3 Å². The molecule has 13 heteroatoms. The summed E-state index contributed by atoms with van der Waals surface area (Å²) in [6.07, 6.45) is -8.12. The highest BCUT2D eigenvalue weighted by Crippen LogP contribution is 2.55. The molecular formula is C56H68O11SSi. The Morgan fingerprint density at radius 1 is 0.580 bits per heavy atom. The normalized spacial score (nSPS) is 27.0. The summed E-state index contributed by atoms with van der Waals surface area (Å²) >= 11 is 1.46. The fourth-order valence-electron chi connectivity index (χ4n) is 9.67. The van der Waals surface area contributed by atoms with Crippen LogP contribution >= 0.6 is 11.8 Å². The number of aryl methyl sites for hydroxylation is 1. The lowest BCUT2D eigenvalue weighted by Crippen LogP contribution is -2.72. The molecule has 8 rings (SSSR count). The Morgan fingerprint density at radius 2 is 1.03 bits per heavy atom. The molecule has 3 fully saturated rings. The molecule has 0 N–H and O–H groups in total. The quantitative estimate of drug-likeness (QED) is 0.0654. The van der Waals surface area contributed by atoms with Crippen molar-refractivity contribution in [1.82, 2.24) is 0 Å². The fraction of sp³-hybridized carbons (Fsp3) is 0.446. The summed E-state index contributed by atoms with van der Waals surface area (Å²) in [5.74, 6) is -0.632. The summed E-state index contributed by atoms with van der Waals surface area (Å²) in [6.45, 7) is 16.3. The van der Waals surface area contributed by atoms with Gasteiger partial charge in [0.25, 0.3) is 0 Å². The SMILES string of the molecule is COC(=O)[C@H]1O[C@H](Sc2ccc(C)cc2)[C@@H](OCc2ccccc2)[C@@H](OCc2ccccc2)[C@@H]1O[C@@H]1O[C@H]2CO[Si](C(C)(C)C)(C(C)(C)C)O[C@H]2[C@H](OCc2ccccc2)[C@@H]1OCc1ccccc1. The number of hydrogen-bond donors (Lipinski definition) is 0. The monoisotopic (exact) mass is 976 g/mol. The number of thioether (sulfide) groups is 1. The van der Waals surface area contributed by atoms with Gasteiger partial charge in [-0.2, -0.15) is 0 Å². The highest BCUT2D eigenvalue weighted by molar-refractivity contribution is 7.99. The van der Waals surface area contributed by atoms with Crippen LogP contribution in [0.5, 0.6) is 0 Å². The van der Waals surface area contributed by atoms with E-state index < -0.39 is 75.1 Å². The first-order valence-corrected chi connectivity index (χ1v) is 26.6. The number of benzene rings is 5. The maximum absolute atomic E-state index is 14.3. The van der Waals surface area contributed by atoms with Crippen LogP contribution in [0.4, 0.5) is 0 Å². The standard InChI is InChI=1S/C56H68O11SSi/c1-38-29-31-43(32-30-38)68-54-51(62-36-42-27-19-12-20-28-42)47(60-34-40-23-15-10-16-24-40)48(49(66-54)52(57)58-8)65-53-50(61-35-41-25-17-11-18-26-41)46(59-33-39-21-13-9-14-22-39)45-44(64-53)37-63-69(67-45,55(2,3)4)56(5,6)7/h9-32,44-51,53-54H,33-37H2,1-8H3/t44-,45+,46-,47-,48-,49-,50-,51-,53-,54+/m0/s1. The van der Waals surface area contributed by atoms with Gasteiger partial charge in [0.2, 0.25) is 0 Å². The zero-order chi connectivity index (χ0) is 48.6. The summed E-state index contributed by atoms with van der Waals surface area (Å²) in [7, 11) is -1.73. The number of methoxy groups -OCH3 is 1. The van der Waals surface area contributed by atoms with Crippen molar-refractivity contribution in [3.63, 3.8) is 0 Å². The third-order valence-electron chi connectivity index (χ3n) is 13.0. The third kappa shape index (κ3) is 12.3. The van der Waals surface area contributed by atoms with E-state index in [2.05, 4.69) is 41.5 Å². The van der Waals surface area contributed by atoms with E-state index in [0.717, 1.165) is 32.7 Å². The molecule has 3 aliphatic heterocycles. The zero-order valence-electron chi connectivity index (χ0n) is 41.1. The largest absolute Gasteiger partial charge is 0.467 e. The second kappa shape index (κ2) is 22.9. The predicted octanol–water partition coefficient (Wildman–Crippen LogP) is 10.9. The number of carbonyl (C=O) groups excluding carboxylic acids is 1. The van der Waals surface area contributed by atoms with Crippen LogP contribution in [-0.4, -0.2) is 88.8 Å². The maximum atomic E-state index is 14.3. The van der Waals surface area contributed by atoms with Crippen LogP contribution in [0.3, 0.4) is 0 Å². The minimum Gasteiger partial charge on any atom is -0.467 e. The van der Waals surface area contributed by atoms with E-state index >= 15 is 0 Å². The molecule has 0 saturated carbocycles. The minimum absolute atomic E-state index is 0.188. The molecule has 0 radical (unpaired) electrons. The molecule has 69 heavy (non-hydrogen) atoms. The minimum atomic E-state index is -3.08. The van der Waals surface area contributed by atoms with Crippen molar-refractivity contribution in [1.29, 1.82) is 0 Å². The third-order valence-corrected chi connectivity index (χ3v) is 19.2. The molecule has 3 aliphatic rings. The Kier molecular flexibility index (Phi) is 17.0. The van der Waals surface area contributed by atoms with Gasteiger partial charge in [0.05, 0.1) is 40.1 Å². The summed E-state index contributed by atoms with van der Waals surface area (Å²) in [6, 6.07) is 48.0. The van der Waals surface area contributed by atoms with Gasteiger partial charge >= 0.3 is 14.5 Å². The molecule has 5 aromatic carbocycles. The van der Waals surface area contributed by atoms with Crippen molar-refractivity contribution in [3.8, 4) is 0 Å². The second-order valence-electron chi connectivity index (χ2n) is 20.1. The van der Waals surface area contributed by atoms with Crippen LogP contribution in [0.2, 0.25) is 10.1 Å². The van der Waals surface area contributed by atoms with E-state index in [9.17, 15) is 4.79 Å². The number of esters is 1. The van der Waals surface area contributed by atoms with E-state index in [4.69, 9.17) is 46.7 Å². The van der Waals surface area contributed by atoms with Gasteiger partial charge in [0.15, 0.2) is 12.4 Å². The number of carbonyl (C=O) groups is 1. The first-order valence-electron chi connectivity index (χ1n) is 23.9. The molecule has 10 atom stereocenters. The molecular weight excluding hydrogens is 909 g/mol. The first kappa shape index (κ1) is 51.1. The van der Waals surface area contributed by atoms with Crippen LogP contribution < -0.4 is 0 Å². The lowest BCUT2D eigenvalue weighted by molar-refractivity contribution is -0.355. The van der Waals surface area contributed by atoms with E-state index in [1.807, 2.05) is 153 Å².